The molecule has 0 aromatic heterocycles. The van der Waals surface area contributed by atoms with Gasteiger partial charge in [0.15, 0.2) is 0 Å². The molecule has 0 heterocycles. The molecule has 1 aromatic carbocycles. The van der Waals surface area contributed by atoms with Crippen molar-refractivity contribution in [3.8, 4) is 6.07 Å². The van der Waals surface area contributed by atoms with Gasteiger partial charge in [0.1, 0.15) is 0 Å². The van der Waals surface area contributed by atoms with E-state index in [1.807, 2.05) is 18.2 Å². The second-order valence-corrected chi connectivity index (χ2v) is 3.24. The fourth-order valence-electron chi connectivity index (χ4n) is 1.65. The van der Waals surface area contributed by atoms with Crippen LogP contribution < -0.4 is 0 Å². The number of rotatable bonds is 4. The molecule has 1 nitrogen and oxygen atoms in total. The number of benzene rings is 1. The highest BCUT2D eigenvalue weighted by atomic mass is 14.2. The average Bonchev–Trinajstić information content (AvgIpc) is 2.25. The fourth-order valence-corrected chi connectivity index (χ4v) is 1.65. The molecule has 0 fully saturated rings. The lowest BCUT2D eigenvalue weighted by Gasteiger charge is -2.07. The standard InChI is InChI=1S/C13H15N/c1-3-5-7-11-8-6-9-12(10-14)13(11)4-2/h3,6,8-9H,1,4-5,7H2,2H3. The summed E-state index contributed by atoms with van der Waals surface area (Å²) in [7, 11) is 0. The summed E-state index contributed by atoms with van der Waals surface area (Å²) in [5.41, 5.74) is 3.29. The quantitative estimate of drug-likeness (QED) is 0.660. The molecule has 14 heavy (non-hydrogen) atoms. The van der Waals surface area contributed by atoms with Gasteiger partial charge in [-0.3, -0.25) is 0 Å². The van der Waals surface area contributed by atoms with Crippen LogP contribution in [0.2, 0.25) is 0 Å². The van der Waals surface area contributed by atoms with Gasteiger partial charge in [0.25, 0.3) is 0 Å². The van der Waals surface area contributed by atoms with Gasteiger partial charge in [-0.2, -0.15) is 5.26 Å². The number of nitrogens with zero attached hydrogens (tertiary/aromatic N) is 1. The van der Waals surface area contributed by atoms with Gasteiger partial charge in [-0.05, 0) is 36.5 Å². The molecule has 1 aromatic rings. The van der Waals surface area contributed by atoms with Crippen LogP contribution in [0.15, 0.2) is 30.9 Å². The van der Waals surface area contributed by atoms with Crippen molar-refractivity contribution < 1.29 is 0 Å². The number of hydrogen-bond acceptors (Lipinski definition) is 1. The van der Waals surface area contributed by atoms with E-state index in [1.165, 1.54) is 11.1 Å². The molecule has 0 saturated carbocycles. The van der Waals surface area contributed by atoms with Crippen molar-refractivity contribution in [1.82, 2.24) is 0 Å². The van der Waals surface area contributed by atoms with Crippen LogP contribution in [0, 0.1) is 11.3 Å². The van der Waals surface area contributed by atoms with Crippen molar-refractivity contribution in [2.45, 2.75) is 26.2 Å². The Morgan fingerprint density at radius 3 is 2.86 bits per heavy atom. The zero-order valence-electron chi connectivity index (χ0n) is 8.59. The Hall–Kier alpha value is -1.55. The van der Waals surface area contributed by atoms with E-state index >= 15 is 0 Å². The normalized spacial score (nSPS) is 9.43. The SMILES string of the molecule is C=CCCc1cccc(C#N)c1CC. The first-order chi connectivity index (χ1) is 6.83. The minimum atomic E-state index is 0.814. The van der Waals surface area contributed by atoms with Gasteiger partial charge in [-0.15, -0.1) is 6.58 Å². The first kappa shape index (κ1) is 10.5. The Balaban J connectivity index is 3.03. The van der Waals surface area contributed by atoms with Crippen LogP contribution in [-0.2, 0) is 12.8 Å². The number of allylic oxidation sites excluding steroid dienone is 1. The summed E-state index contributed by atoms with van der Waals surface area (Å²) < 4.78 is 0. The van der Waals surface area contributed by atoms with Crippen molar-refractivity contribution in [2.24, 2.45) is 0 Å². The Labute approximate surface area is 85.7 Å². The summed E-state index contributed by atoms with van der Waals surface area (Å²) in [6.45, 7) is 5.80. The van der Waals surface area contributed by atoms with E-state index < -0.39 is 0 Å². The maximum atomic E-state index is 8.93. The second-order valence-electron chi connectivity index (χ2n) is 3.24. The van der Waals surface area contributed by atoms with Gasteiger partial charge in [0.2, 0.25) is 0 Å². The van der Waals surface area contributed by atoms with Gasteiger partial charge in [0.05, 0.1) is 11.6 Å². The third-order valence-corrected chi connectivity index (χ3v) is 2.36. The molecule has 0 saturated heterocycles. The molecule has 0 bridgehead atoms. The van der Waals surface area contributed by atoms with Crippen molar-refractivity contribution in [1.29, 1.82) is 5.26 Å². The van der Waals surface area contributed by atoms with Crippen LogP contribution in [0.1, 0.15) is 30.0 Å². The van der Waals surface area contributed by atoms with Gasteiger partial charge in [-0.25, -0.2) is 0 Å². The molecule has 0 atom stereocenters. The third kappa shape index (κ3) is 2.23. The Bertz CT molecular complexity index is 358. The molecule has 0 aliphatic rings. The lowest BCUT2D eigenvalue weighted by atomic mass is 9.96. The minimum absolute atomic E-state index is 0.814. The van der Waals surface area contributed by atoms with E-state index in [9.17, 15) is 0 Å². The van der Waals surface area contributed by atoms with E-state index in [2.05, 4.69) is 25.6 Å². The lowest BCUT2D eigenvalue weighted by molar-refractivity contribution is 0.959. The summed E-state index contributed by atoms with van der Waals surface area (Å²) in [4.78, 5) is 0. The highest BCUT2D eigenvalue weighted by Crippen LogP contribution is 2.16. The maximum Gasteiger partial charge on any atom is 0.0994 e. The molecule has 0 aliphatic heterocycles. The number of nitriles is 1. The number of hydrogen-bond donors (Lipinski definition) is 0. The van der Waals surface area contributed by atoms with Crippen molar-refractivity contribution in [3.63, 3.8) is 0 Å². The molecule has 72 valence electrons. The van der Waals surface area contributed by atoms with E-state index in [1.54, 1.807) is 0 Å². The van der Waals surface area contributed by atoms with Gasteiger partial charge in [-0.1, -0.05) is 25.1 Å². The summed E-state index contributed by atoms with van der Waals surface area (Å²) in [5, 5.41) is 8.93. The third-order valence-electron chi connectivity index (χ3n) is 2.36. The predicted molar refractivity (Wildman–Crippen MR) is 59.1 cm³/mol. The highest BCUT2D eigenvalue weighted by molar-refractivity contribution is 5.43. The van der Waals surface area contributed by atoms with Crippen molar-refractivity contribution in [2.75, 3.05) is 0 Å². The maximum absolute atomic E-state index is 8.93. The van der Waals surface area contributed by atoms with E-state index in [0.29, 0.717) is 0 Å². The van der Waals surface area contributed by atoms with E-state index in [0.717, 1.165) is 24.8 Å². The van der Waals surface area contributed by atoms with Crippen LogP contribution in [-0.4, -0.2) is 0 Å². The first-order valence-electron chi connectivity index (χ1n) is 4.95. The van der Waals surface area contributed by atoms with Crippen LogP contribution in [0.5, 0.6) is 0 Å². The van der Waals surface area contributed by atoms with Crippen molar-refractivity contribution in [3.05, 3.63) is 47.5 Å². The summed E-state index contributed by atoms with van der Waals surface area (Å²) in [6, 6.07) is 8.18. The monoisotopic (exact) mass is 185 g/mol. The minimum Gasteiger partial charge on any atom is -0.192 e. The molecular weight excluding hydrogens is 170 g/mol. The zero-order valence-corrected chi connectivity index (χ0v) is 8.59. The van der Waals surface area contributed by atoms with Crippen molar-refractivity contribution >= 4 is 0 Å². The van der Waals surface area contributed by atoms with Crippen LogP contribution in [0.25, 0.3) is 0 Å². The fraction of sp³-hybridized carbons (Fsp3) is 0.308. The molecule has 0 unspecified atom stereocenters. The lowest BCUT2D eigenvalue weighted by Crippen LogP contribution is -1.96. The largest absolute Gasteiger partial charge is 0.192 e. The summed E-state index contributed by atoms with van der Waals surface area (Å²) in [5.74, 6) is 0. The second kappa shape index (κ2) is 5.24. The van der Waals surface area contributed by atoms with E-state index in [4.69, 9.17) is 5.26 Å². The van der Waals surface area contributed by atoms with E-state index in [-0.39, 0.29) is 0 Å². The smallest absolute Gasteiger partial charge is 0.0994 e. The van der Waals surface area contributed by atoms with Crippen LogP contribution in [0.3, 0.4) is 0 Å². The molecule has 1 rings (SSSR count). The Morgan fingerprint density at radius 2 is 2.29 bits per heavy atom. The Morgan fingerprint density at radius 1 is 1.50 bits per heavy atom. The highest BCUT2D eigenvalue weighted by Gasteiger charge is 2.04. The molecule has 0 N–H and O–H groups in total. The van der Waals surface area contributed by atoms with Gasteiger partial charge in [0, 0.05) is 0 Å². The van der Waals surface area contributed by atoms with Gasteiger partial charge < -0.3 is 0 Å². The van der Waals surface area contributed by atoms with Crippen LogP contribution >= 0.6 is 0 Å². The predicted octanol–water partition coefficient (Wildman–Crippen LogP) is 3.24. The first-order valence-corrected chi connectivity index (χ1v) is 4.95. The molecule has 0 aliphatic carbocycles. The average molecular weight is 185 g/mol. The molecule has 1 heteroatoms. The summed E-state index contributed by atoms with van der Waals surface area (Å²) >= 11 is 0. The van der Waals surface area contributed by atoms with Crippen LogP contribution in [0.4, 0.5) is 0 Å². The molecule has 0 radical (unpaired) electrons. The number of aryl methyl sites for hydroxylation is 1. The topological polar surface area (TPSA) is 23.8 Å². The summed E-state index contributed by atoms with van der Waals surface area (Å²) in [6.07, 6.45) is 4.80. The van der Waals surface area contributed by atoms with Gasteiger partial charge >= 0.3 is 0 Å². The zero-order chi connectivity index (χ0) is 10.4. The molecule has 0 amide bonds. The Kier molecular flexibility index (Phi) is 3.94. The molecular formula is C13H15N. The molecule has 0 spiro atoms.